The maximum atomic E-state index is 12.9. The SMILES string of the molecule is COc1ccc(-c2cc3n(n2)[C@@H](C(=O)Nc2cccc(Cl)c2)CC(=O)N3)cc1OC. The summed E-state index contributed by atoms with van der Waals surface area (Å²) in [4.78, 5) is 25.1. The summed E-state index contributed by atoms with van der Waals surface area (Å²) >= 11 is 5.98. The van der Waals surface area contributed by atoms with Crippen LogP contribution < -0.4 is 20.1 Å². The minimum atomic E-state index is -0.790. The number of amides is 2. The third kappa shape index (κ3) is 3.81. The third-order valence-corrected chi connectivity index (χ3v) is 4.99. The molecule has 0 aliphatic carbocycles. The van der Waals surface area contributed by atoms with E-state index in [1.165, 1.54) is 4.68 Å². The highest BCUT2D eigenvalue weighted by molar-refractivity contribution is 6.30. The largest absolute Gasteiger partial charge is 0.493 e. The van der Waals surface area contributed by atoms with Crippen molar-refractivity contribution in [2.75, 3.05) is 24.9 Å². The van der Waals surface area contributed by atoms with Gasteiger partial charge in [0.25, 0.3) is 0 Å². The van der Waals surface area contributed by atoms with Crippen LogP contribution in [-0.4, -0.2) is 35.8 Å². The zero-order valence-corrected chi connectivity index (χ0v) is 17.1. The lowest BCUT2D eigenvalue weighted by molar-refractivity contribution is -0.125. The lowest BCUT2D eigenvalue weighted by Gasteiger charge is -2.23. The van der Waals surface area contributed by atoms with Gasteiger partial charge in [-0.2, -0.15) is 5.10 Å². The van der Waals surface area contributed by atoms with Gasteiger partial charge < -0.3 is 20.1 Å². The fourth-order valence-corrected chi connectivity index (χ4v) is 3.50. The molecule has 2 amide bonds. The molecule has 30 heavy (non-hydrogen) atoms. The first-order valence-corrected chi connectivity index (χ1v) is 9.54. The Balaban J connectivity index is 1.66. The van der Waals surface area contributed by atoms with Crippen LogP contribution >= 0.6 is 11.6 Å². The Morgan fingerprint density at radius 1 is 1.17 bits per heavy atom. The molecule has 8 nitrogen and oxygen atoms in total. The minimum Gasteiger partial charge on any atom is -0.493 e. The monoisotopic (exact) mass is 426 g/mol. The number of hydrogen-bond donors (Lipinski definition) is 2. The Hall–Kier alpha value is -3.52. The van der Waals surface area contributed by atoms with Crippen molar-refractivity contribution in [1.82, 2.24) is 9.78 Å². The number of nitrogens with zero attached hydrogens (tertiary/aromatic N) is 2. The van der Waals surface area contributed by atoms with E-state index < -0.39 is 6.04 Å². The Labute approximate surface area is 177 Å². The van der Waals surface area contributed by atoms with E-state index in [0.717, 1.165) is 5.56 Å². The predicted octanol–water partition coefficient (Wildman–Crippen LogP) is 3.74. The molecule has 2 aromatic carbocycles. The number of anilines is 2. The van der Waals surface area contributed by atoms with Crippen LogP contribution in [0.5, 0.6) is 11.5 Å². The van der Waals surface area contributed by atoms with E-state index in [1.54, 1.807) is 56.7 Å². The standard InChI is InChI=1S/C21H19ClN4O4/c1-29-17-7-6-12(8-18(17)30-2)15-10-19-24-20(27)11-16(26(19)25-15)21(28)23-14-5-3-4-13(22)9-14/h3-10,16H,11H2,1-2H3,(H,23,28)(H,24,27)/t16-/m1/s1. The number of hydrogen-bond acceptors (Lipinski definition) is 5. The first-order valence-electron chi connectivity index (χ1n) is 9.16. The molecule has 9 heteroatoms. The highest BCUT2D eigenvalue weighted by atomic mass is 35.5. The molecule has 4 rings (SSSR count). The Morgan fingerprint density at radius 3 is 2.70 bits per heavy atom. The van der Waals surface area contributed by atoms with Crippen molar-refractivity contribution in [3.63, 3.8) is 0 Å². The Kier molecular flexibility index (Phi) is 5.33. The van der Waals surface area contributed by atoms with E-state index in [4.69, 9.17) is 21.1 Å². The Bertz CT molecular complexity index is 1130. The number of nitrogens with one attached hydrogen (secondary N) is 2. The molecule has 0 unspecified atom stereocenters. The van der Waals surface area contributed by atoms with E-state index in [2.05, 4.69) is 15.7 Å². The average molecular weight is 427 g/mol. The summed E-state index contributed by atoms with van der Waals surface area (Å²) in [6.07, 6.45) is -0.0214. The summed E-state index contributed by atoms with van der Waals surface area (Å²) < 4.78 is 12.1. The maximum Gasteiger partial charge on any atom is 0.249 e. The number of fused-ring (bicyclic) bond motifs is 1. The summed E-state index contributed by atoms with van der Waals surface area (Å²) in [7, 11) is 3.11. The summed E-state index contributed by atoms with van der Waals surface area (Å²) in [6, 6.07) is 13.1. The molecule has 0 radical (unpaired) electrons. The van der Waals surface area contributed by atoms with E-state index in [-0.39, 0.29) is 18.2 Å². The van der Waals surface area contributed by atoms with Crippen LogP contribution in [0.15, 0.2) is 48.5 Å². The second-order valence-corrected chi connectivity index (χ2v) is 7.13. The van der Waals surface area contributed by atoms with Crippen LogP contribution in [0.2, 0.25) is 5.02 Å². The molecule has 0 saturated carbocycles. The number of carbonyl (C=O) groups is 2. The van der Waals surface area contributed by atoms with Crippen molar-refractivity contribution in [3.05, 3.63) is 53.6 Å². The third-order valence-electron chi connectivity index (χ3n) is 4.75. The molecule has 3 aromatic rings. The number of halogens is 1. The maximum absolute atomic E-state index is 12.9. The quantitative estimate of drug-likeness (QED) is 0.648. The van der Waals surface area contributed by atoms with Crippen molar-refractivity contribution in [2.45, 2.75) is 12.5 Å². The highest BCUT2D eigenvalue weighted by Gasteiger charge is 2.32. The van der Waals surface area contributed by atoms with Crippen LogP contribution in [0.1, 0.15) is 12.5 Å². The first-order chi connectivity index (χ1) is 14.5. The van der Waals surface area contributed by atoms with Crippen LogP contribution in [0.4, 0.5) is 11.5 Å². The highest BCUT2D eigenvalue weighted by Crippen LogP contribution is 2.35. The van der Waals surface area contributed by atoms with Crippen molar-refractivity contribution in [3.8, 4) is 22.8 Å². The lowest BCUT2D eigenvalue weighted by atomic mass is 10.1. The zero-order valence-electron chi connectivity index (χ0n) is 16.3. The smallest absolute Gasteiger partial charge is 0.249 e. The van der Waals surface area contributed by atoms with Crippen LogP contribution in [0.3, 0.4) is 0 Å². The molecule has 0 fully saturated rings. The normalized spacial score (nSPS) is 15.2. The van der Waals surface area contributed by atoms with Gasteiger partial charge in [0, 0.05) is 22.3 Å². The van der Waals surface area contributed by atoms with Crippen molar-refractivity contribution >= 4 is 34.9 Å². The van der Waals surface area contributed by atoms with Gasteiger partial charge in [0.1, 0.15) is 11.9 Å². The molecule has 2 heterocycles. The van der Waals surface area contributed by atoms with Gasteiger partial charge in [-0.05, 0) is 36.4 Å². The number of aromatic nitrogens is 2. The predicted molar refractivity (Wildman–Crippen MR) is 113 cm³/mol. The number of carbonyl (C=O) groups excluding carboxylic acids is 2. The summed E-state index contributed by atoms with van der Waals surface area (Å²) in [5.74, 6) is 0.989. The van der Waals surface area contributed by atoms with Gasteiger partial charge in [0.05, 0.1) is 26.3 Å². The van der Waals surface area contributed by atoms with Gasteiger partial charge in [-0.25, -0.2) is 4.68 Å². The number of rotatable bonds is 5. The fraction of sp³-hybridized carbons (Fsp3) is 0.190. The molecule has 1 aromatic heterocycles. The van der Waals surface area contributed by atoms with Crippen LogP contribution in [0, 0.1) is 0 Å². The molecular weight excluding hydrogens is 408 g/mol. The second-order valence-electron chi connectivity index (χ2n) is 6.70. The average Bonchev–Trinajstić information content (AvgIpc) is 3.16. The van der Waals surface area contributed by atoms with E-state index in [9.17, 15) is 9.59 Å². The molecule has 1 aliphatic heterocycles. The molecule has 0 saturated heterocycles. The minimum absolute atomic E-state index is 0.0214. The lowest BCUT2D eigenvalue weighted by Crippen LogP contribution is -2.35. The topological polar surface area (TPSA) is 94.5 Å². The molecule has 154 valence electrons. The van der Waals surface area contributed by atoms with E-state index >= 15 is 0 Å². The molecule has 2 N–H and O–H groups in total. The molecule has 1 aliphatic rings. The summed E-state index contributed by atoms with van der Waals surface area (Å²) in [5.41, 5.74) is 1.90. The number of ether oxygens (including phenoxy) is 2. The van der Waals surface area contributed by atoms with Gasteiger partial charge in [0.2, 0.25) is 11.8 Å². The van der Waals surface area contributed by atoms with Crippen molar-refractivity contribution in [1.29, 1.82) is 0 Å². The zero-order chi connectivity index (χ0) is 21.3. The van der Waals surface area contributed by atoms with Crippen LogP contribution in [0.25, 0.3) is 11.3 Å². The molecule has 0 spiro atoms. The summed E-state index contributed by atoms with van der Waals surface area (Å²) in [5, 5.41) is 10.6. The first kappa shape index (κ1) is 19.8. The van der Waals surface area contributed by atoms with E-state index in [1.807, 2.05) is 6.07 Å². The Morgan fingerprint density at radius 2 is 1.97 bits per heavy atom. The van der Waals surface area contributed by atoms with Crippen molar-refractivity contribution in [2.24, 2.45) is 0 Å². The van der Waals surface area contributed by atoms with Gasteiger partial charge in [-0.15, -0.1) is 0 Å². The van der Waals surface area contributed by atoms with E-state index in [0.29, 0.717) is 33.7 Å². The molecule has 1 atom stereocenters. The van der Waals surface area contributed by atoms with Gasteiger partial charge in [-0.3, -0.25) is 9.59 Å². The van der Waals surface area contributed by atoms with Crippen molar-refractivity contribution < 1.29 is 19.1 Å². The molecular formula is C21H19ClN4O4. The van der Waals surface area contributed by atoms with Crippen LogP contribution in [-0.2, 0) is 9.59 Å². The van der Waals surface area contributed by atoms with Gasteiger partial charge >= 0.3 is 0 Å². The number of methoxy groups -OCH3 is 2. The summed E-state index contributed by atoms with van der Waals surface area (Å²) in [6.45, 7) is 0. The molecule has 0 bridgehead atoms. The van der Waals surface area contributed by atoms with Gasteiger partial charge in [0.15, 0.2) is 11.5 Å². The van der Waals surface area contributed by atoms with Gasteiger partial charge in [-0.1, -0.05) is 17.7 Å². The fourth-order valence-electron chi connectivity index (χ4n) is 3.31. The second kappa shape index (κ2) is 8.08. The number of benzene rings is 2.